The van der Waals surface area contributed by atoms with E-state index in [1.807, 2.05) is 6.92 Å². The van der Waals surface area contributed by atoms with Gasteiger partial charge < -0.3 is 5.11 Å². The highest BCUT2D eigenvalue weighted by Crippen LogP contribution is 2.12. The zero-order chi connectivity index (χ0) is 12.9. The second kappa shape index (κ2) is 6.49. The van der Waals surface area contributed by atoms with Crippen LogP contribution < -0.4 is 4.72 Å². The Morgan fingerprint density at radius 1 is 1.35 bits per heavy atom. The zero-order valence-corrected chi connectivity index (χ0v) is 12.0. The first-order valence-corrected chi connectivity index (χ1v) is 7.76. The maximum atomic E-state index is 11.8. The van der Waals surface area contributed by atoms with Crippen molar-refractivity contribution in [1.29, 1.82) is 0 Å². The molecule has 0 heterocycles. The Morgan fingerprint density at radius 2 is 1.94 bits per heavy atom. The van der Waals surface area contributed by atoms with Crippen molar-refractivity contribution in [2.24, 2.45) is 0 Å². The number of aliphatic hydroxyl groups is 1. The smallest absolute Gasteiger partial charge is 0.216 e. The molecule has 0 aliphatic carbocycles. The zero-order valence-electron chi connectivity index (χ0n) is 9.56. The van der Waals surface area contributed by atoms with E-state index in [1.54, 1.807) is 24.3 Å². The molecule has 0 aromatic heterocycles. The second-order valence-corrected chi connectivity index (χ2v) is 6.46. The second-order valence-electron chi connectivity index (χ2n) is 3.79. The molecule has 0 radical (unpaired) electrons. The molecule has 4 nitrogen and oxygen atoms in total. The lowest BCUT2D eigenvalue weighted by molar-refractivity contribution is 0.254. The first-order chi connectivity index (χ1) is 7.96. The van der Waals surface area contributed by atoms with Crippen LogP contribution in [0.3, 0.4) is 0 Å². The molecule has 0 unspecified atom stereocenters. The molecule has 96 valence electrons. The van der Waals surface area contributed by atoms with Gasteiger partial charge in [-0.15, -0.1) is 0 Å². The number of hydrogen-bond acceptors (Lipinski definition) is 3. The van der Waals surface area contributed by atoms with Crippen molar-refractivity contribution < 1.29 is 13.5 Å². The third-order valence-electron chi connectivity index (χ3n) is 2.33. The van der Waals surface area contributed by atoms with Gasteiger partial charge in [-0.05, 0) is 24.1 Å². The quantitative estimate of drug-likeness (QED) is 0.837. The summed E-state index contributed by atoms with van der Waals surface area (Å²) in [5.74, 6) is -0.0726. The van der Waals surface area contributed by atoms with Crippen LogP contribution in [0.1, 0.15) is 18.9 Å². The molecule has 0 aliphatic heterocycles. The van der Waals surface area contributed by atoms with E-state index < -0.39 is 16.1 Å². The Bertz CT molecular complexity index is 440. The van der Waals surface area contributed by atoms with E-state index >= 15 is 0 Å². The minimum Gasteiger partial charge on any atom is -0.395 e. The number of nitrogens with one attached hydrogen (secondary N) is 1. The fraction of sp³-hybridized carbons (Fsp3) is 0.455. The molecule has 0 amide bonds. The molecule has 0 fully saturated rings. The first kappa shape index (κ1) is 14.6. The van der Waals surface area contributed by atoms with E-state index in [0.29, 0.717) is 12.0 Å². The van der Waals surface area contributed by atoms with Gasteiger partial charge >= 0.3 is 0 Å². The summed E-state index contributed by atoms with van der Waals surface area (Å²) in [6.45, 7) is 1.64. The highest BCUT2D eigenvalue weighted by atomic mass is 79.9. The molecule has 1 atom stereocenters. The van der Waals surface area contributed by atoms with Crippen molar-refractivity contribution in [2.75, 3.05) is 6.61 Å². The number of benzene rings is 1. The number of rotatable bonds is 6. The standard InChI is InChI=1S/C11H16BrNO3S/c1-2-11(7-14)13-17(15,16)8-9-3-5-10(12)6-4-9/h3-6,11,13-14H,2,7-8H2,1H3/t11-/m0/s1. The Kier molecular flexibility index (Phi) is 5.58. The van der Waals surface area contributed by atoms with Gasteiger partial charge in [0.15, 0.2) is 0 Å². The monoisotopic (exact) mass is 321 g/mol. The summed E-state index contributed by atoms with van der Waals surface area (Å²) in [6, 6.07) is 6.70. The van der Waals surface area contributed by atoms with Gasteiger partial charge in [-0.25, -0.2) is 13.1 Å². The largest absolute Gasteiger partial charge is 0.395 e. The summed E-state index contributed by atoms with van der Waals surface area (Å²) in [4.78, 5) is 0. The molecule has 6 heteroatoms. The van der Waals surface area contributed by atoms with Crippen molar-refractivity contribution in [3.8, 4) is 0 Å². The molecule has 1 aromatic carbocycles. The van der Waals surface area contributed by atoms with Gasteiger partial charge in [-0.1, -0.05) is 35.0 Å². The average molecular weight is 322 g/mol. The third-order valence-corrected chi connectivity index (χ3v) is 4.26. The Hall–Kier alpha value is -0.430. The van der Waals surface area contributed by atoms with Crippen molar-refractivity contribution in [3.05, 3.63) is 34.3 Å². The van der Waals surface area contributed by atoms with E-state index in [-0.39, 0.29) is 12.4 Å². The van der Waals surface area contributed by atoms with Gasteiger partial charge in [-0.3, -0.25) is 0 Å². The third kappa shape index (κ3) is 5.16. The normalized spacial score (nSPS) is 13.6. The van der Waals surface area contributed by atoms with Crippen LogP contribution in [-0.2, 0) is 15.8 Å². The van der Waals surface area contributed by atoms with Gasteiger partial charge in [0.2, 0.25) is 10.0 Å². The molecule has 0 saturated heterocycles. The highest BCUT2D eigenvalue weighted by molar-refractivity contribution is 9.10. The van der Waals surface area contributed by atoms with Gasteiger partial charge in [0.1, 0.15) is 0 Å². The Balaban J connectivity index is 2.69. The first-order valence-electron chi connectivity index (χ1n) is 5.32. The van der Waals surface area contributed by atoms with Crippen LogP contribution in [0.2, 0.25) is 0 Å². The Labute approximate surface area is 110 Å². The summed E-state index contributed by atoms with van der Waals surface area (Å²) < 4.78 is 26.9. The number of hydrogen-bond donors (Lipinski definition) is 2. The van der Waals surface area contributed by atoms with Crippen LogP contribution in [0.4, 0.5) is 0 Å². The maximum Gasteiger partial charge on any atom is 0.216 e. The lowest BCUT2D eigenvalue weighted by Crippen LogP contribution is -2.37. The summed E-state index contributed by atoms with van der Waals surface area (Å²) in [5, 5.41) is 8.96. The Morgan fingerprint density at radius 3 is 2.41 bits per heavy atom. The SMILES string of the molecule is CC[C@@H](CO)NS(=O)(=O)Cc1ccc(Br)cc1. The molecule has 1 aromatic rings. The fourth-order valence-corrected chi connectivity index (χ4v) is 3.07. The van der Waals surface area contributed by atoms with Crippen LogP contribution in [0, 0.1) is 0 Å². The van der Waals surface area contributed by atoms with Crippen LogP contribution in [-0.4, -0.2) is 26.2 Å². The van der Waals surface area contributed by atoms with E-state index in [2.05, 4.69) is 20.7 Å². The average Bonchev–Trinajstić information content (AvgIpc) is 2.29. The lowest BCUT2D eigenvalue weighted by Gasteiger charge is -2.14. The predicted octanol–water partition coefficient (Wildman–Crippen LogP) is 1.64. The van der Waals surface area contributed by atoms with Crippen LogP contribution in [0.5, 0.6) is 0 Å². The van der Waals surface area contributed by atoms with Crippen molar-refractivity contribution in [3.63, 3.8) is 0 Å². The van der Waals surface area contributed by atoms with Crippen molar-refractivity contribution in [2.45, 2.75) is 25.1 Å². The molecule has 0 spiro atoms. The van der Waals surface area contributed by atoms with Crippen molar-refractivity contribution >= 4 is 26.0 Å². The number of sulfonamides is 1. The minimum atomic E-state index is -3.40. The molecule has 1 rings (SSSR count). The molecular formula is C11H16BrNO3S. The molecule has 2 N–H and O–H groups in total. The van der Waals surface area contributed by atoms with E-state index in [4.69, 9.17) is 5.11 Å². The van der Waals surface area contributed by atoms with Crippen LogP contribution >= 0.6 is 15.9 Å². The minimum absolute atomic E-state index is 0.0726. The van der Waals surface area contributed by atoms with Crippen molar-refractivity contribution in [1.82, 2.24) is 4.72 Å². The maximum absolute atomic E-state index is 11.8. The molecule has 0 aliphatic rings. The van der Waals surface area contributed by atoms with E-state index in [9.17, 15) is 8.42 Å². The van der Waals surface area contributed by atoms with E-state index in [0.717, 1.165) is 4.47 Å². The summed E-state index contributed by atoms with van der Waals surface area (Å²) >= 11 is 3.29. The molecule has 0 bridgehead atoms. The van der Waals surface area contributed by atoms with Gasteiger partial charge in [0, 0.05) is 10.5 Å². The predicted molar refractivity (Wildman–Crippen MR) is 71.1 cm³/mol. The van der Waals surface area contributed by atoms with Crippen LogP contribution in [0.15, 0.2) is 28.7 Å². The van der Waals surface area contributed by atoms with Gasteiger partial charge in [0.05, 0.1) is 12.4 Å². The fourth-order valence-electron chi connectivity index (χ4n) is 1.35. The molecule has 17 heavy (non-hydrogen) atoms. The summed E-state index contributed by atoms with van der Waals surface area (Å²) in [7, 11) is -3.40. The lowest BCUT2D eigenvalue weighted by atomic mass is 10.2. The number of halogens is 1. The number of aliphatic hydroxyl groups excluding tert-OH is 1. The van der Waals surface area contributed by atoms with Crippen LogP contribution in [0.25, 0.3) is 0 Å². The highest BCUT2D eigenvalue weighted by Gasteiger charge is 2.16. The summed E-state index contributed by atoms with van der Waals surface area (Å²) in [5.41, 5.74) is 0.716. The summed E-state index contributed by atoms with van der Waals surface area (Å²) in [6.07, 6.45) is 0.566. The van der Waals surface area contributed by atoms with E-state index in [1.165, 1.54) is 0 Å². The van der Waals surface area contributed by atoms with Gasteiger partial charge in [-0.2, -0.15) is 0 Å². The van der Waals surface area contributed by atoms with Gasteiger partial charge in [0.25, 0.3) is 0 Å². The molecule has 0 saturated carbocycles. The molecular weight excluding hydrogens is 306 g/mol. The topological polar surface area (TPSA) is 66.4 Å².